The van der Waals surface area contributed by atoms with Gasteiger partial charge in [-0.3, -0.25) is 9.52 Å². The van der Waals surface area contributed by atoms with Crippen LogP contribution >= 0.6 is 0 Å². The minimum absolute atomic E-state index is 0.125. The van der Waals surface area contributed by atoms with Gasteiger partial charge in [0, 0.05) is 6.07 Å². The van der Waals surface area contributed by atoms with Crippen LogP contribution in [0.25, 0.3) is 0 Å². The molecular weight excluding hydrogens is 392 g/mol. The number of hydrogen-bond donors (Lipinski definition) is 2. The molecule has 0 radical (unpaired) electrons. The van der Waals surface area contributed by atoms with Gasteiger partial charge >= 0.3 is 0 Å². The minimum atomic E-state index is -3.78. The van der Waals surface area contributed by atoms with Crippen LogP contribution in [0.15, 0.2) is 47.4 Å². The molecule has 0 unspecified atom stereocenters. The first-order valence-electron chi connectivity index (χ1n) is 9.41. The Kier molecular flexibility index (Phi) is 5.75. The summed E-state index contributed by atoms with van der Waals surface area (Å²) in [5.74, 6) is 1.27. The van der Waals surface area contributed by atoms with Crippen LogP contribution in [-0.2, 0) is 14.8 Å². The van der Waals surface area contributed by atoms with Crippen molar-refractivity contribution in [3.8, 4) is 11.5 Å². The number of carbonyl (C=O) groups excluding carboxylic acids is 1. The topological polar surface area (TPSA) is 93.7 Å². The van der Waals surface area contributed by atoms with E-state index in [4.69, 9.17) is 9.47 Å². The zero-order chi connectivity index (χ0) is 21.2. The van der Waals surface area contributed by atoms with Gasteiger partial charge in [0.15, 0.2) is 0 Å². The maximum absolute atomic E-state index is 12.7. The van der Waals surface area contributed by atoms with Crippen LogP contribution in [0.5, 0.6) is 11.5 Å². The van der Waals surface area contributed by atoms with Crippen molar-refractivity contribution in [1.29, 1.82) is 0 Å². The summed E-state index contributed by atoms with van der Waals surface area (Å²) in [6, 6.07) is 11.0. The van der Waals surface area contributed by atoms with Crippen LogP contribution < -0.4 is 19.5 Å². The fourth-order valence-electron chi connectivity index (χ4n) is 2.62. The average Bonchev–Trinajstić information content (AvgIpc) is 2.76. The summed E-state index contributed by atoms with van der Waals surface area (Å²) in [5.41, 5.74) is 0.172. The number of ether oxygens (including phenoxy) is 2. The largest absolute Gasteiger partial charge is 0.493 e. The summed E-state index contributed by atoms with van der Waals surface area (Å²) >= 11 is 0. The maximum Gasteiger partial charge on any atom is 0.261 e. The van der Waals surface area contributed by atoms with Crippen molar-refractivity contribution >= 4 is 27.3 Å². The van der Waals surface area contributed by atoms with Gasteiger partial charge in [-0.1, -0.05) is 13.8 Å². The first-order valence-corrected chi connectivity index (χ1v) is 10.9. The number of benzene rings is 2. The molecule has 1 amide bonds. The quantitative estimate of drug-likeness (QED) is 0.743. The number of fused-ring (bicyclic) bond motifs is 1. The molecule has 2 aromatic rings. The van der Waals surface area contributed by atoms with E-state index in [9.17, 15) is 13.2 Å². The number of amides is 1. The van der Waals surface area contributed by atoms with Crippen molar-refractivity contribution < 1.29 is 22.7 Å². The van der Waals surface area contributed by atoms with Gasteiger partial charge in [-0.05, 0) is 56.2 Å². The summed E-state index contributed by atoms with van der Waals surface area (Å²) < 4.78 is 39.3. The van der Waals surface area contributed by atoms with Crippen molar-refractivity contribution in [2.45, 2.75) is 32.6 Å². The predicted octanol–water partition coefficient (Wildman–Crippen LogP) is 3.88. The van der Waals surface area contributed by atoms with E-state index < -0.39 is 15.4 Å². The number of nitrogens with one attached hydrogen (secondary N) is 2. The van der Waals surface area contributed by atoms with E-state index in [1.54, 1.807) is 44.2 Å². The highest BCUT2D eigenvalue weighted by Gasteiger charge is 2.32. The third-order valence-corrected chi connectivity index (χ3v) is 5.80. The first-order chi connectivity index (χ1) is 13.6. The number of hydrogen-bond acceptors (Lipinski definition) is 5. The monoisotopic (exact) mass is 418 g/mol. The van der Waals surface area contributed by atoms with Gasteiger partial charge in [-0.2, -0.15) is 0 Å². The molecule has 0 atom stereocenters. The molecule has 156 valence electrons. The second-order valence-corrected chi connectivity index (χ2v) is 9.80. The van der Waals surface area contributed by atoms with Crippen LogP contribution in [0.1, 0.15) is 27.7 Å². The lowest BCUT2D eigenvalue weighted by atomic mass is 9.94. The van der Waals surface area contributed by atoms with Crippen molar-refractivity contribution in [2.24, 2.45) is 11.3 Å². The smallest absolute Gasteiger partial charge is 0.261 e. The average molecular weight is 419 g/mol. The number of carbonyl (C=O) groups is 1. The van der Waals surface area contributed by atoms with Crippen LogP contribution in [0.4, 0.5) is 11.4 Å². The van der Waals surface area contributed by atoms with Crippen LogP contribution in [0.2, 0.25) is 0 Å². The van der Waals surface area contributed by atoms with Crippen LogP contribution in [0, 0.1) is 11.3 Å². The molecule has 1 heterocycles. The minimum Gasteiger partial charge on any atom is -0.493 e. The van der Waals surface area contributed by atoms with E-state index in [-0.39, 0.29) is 17.4 Å². The third-order valence-electron chi connectivity index (χ3n) is 4.40. The fraction of sp³-hybridized carbons (Fsp3) is 0.381. The molecule has 0 spiro atoms. The Labute approximate surface area is 171 Å². The van der Waals surface area contributed by atoms with E-state index >= 15 is 0 Å². The molecule has 8 heteroatoms. The van der Waals surface area contributed by atoms with Gasteiger partial charge in [0.2, 0.25) is 5.91 Å². The van der Waals surface area contributed by atoms with Crippen molar-refractivity contribution in [1.82, 2.24) is 0 Å². The molecule has 0 saturated carbocycles. The van der Waals surface area contributed by atoms with Gasteiger partial charge in [0.25, 0.3) is 10.0 Å². The highest BCUT2D eigenvalue weighted by atomic mass is 32.2. The molecular formula is C21H26N2O5S. The van der Waals surface area contributed by atoms with Crippen molar-refractivity contribution in [3.05, 3.63) is 42.5 Å². The SMILES string of the molecule is CC(C)COc1ccc(S(=O)(=O)Nc2ccc3c(c2)OCC(C)(C)C(=O)N3)cc1. The Morgan fingerprint density at radius 3 is 2.52 bits per heavy atom. The van der Waals surface area contributed by atoms with Gasteiger partial charge in [-0.15, -0.1) is 0 Å². The molecule has 1 aliphatic rings. The first kappa shape index (κ1) is 21.0. The Morgan fingerprint density at radius 2 is 1.86 bits per heavy atom. The van der Waals surface area contributed by atoms with E-state index in [0.717, 1.165) is 0 Å². The van der Waals surface area contributed by atoms with E-state index in [2.05, 4.69) is 10.0 Å². The van der Waals surface area contributed by atoms with Crippen LogP contribution in [-0.4, -0.2) is 27.5 Å². The summed E-state index contributed by atoms with van der Waals surface area (Å²) in [5, 5.41) is 2.81. The summed E-state index contributed by atoms with van der Waals surface area (Å²) in [4.78, 5) is 12.3. The fourth-order valence-corrected chi connectivity index (χ4v) is 3.67. The lowest BCUT2D eigenvalue weighted by Crippen LogP contribution is -2.33. The molecule has 0 bridgehead atoms. The Morgan fingerprint density at radius 1 is 1.17 bits per heavy atom. The normalized spacial score (nSPS) is 15.7. The number of sulfonamides is 1. The van der Waals surface area contributed by atoms with Gasteiger partial charge < -0.3 is 14.8 Å². The van der Waals surface area contributed by atoms with E-state index in [0.29, 0.717) is 35.4 Å². The zero-order valence-corrected chi connectivity index (χ0v) is 17.8. The third kappa shape index (κ3) is 5.00. The van der Waals surface area contributed by atoms with Gasteiger partial charge in [0.05, 0.1) is 28.3 Å². The molecule has 0 aromatic heterocycles. The Balaban J connectivity index is 1.76. The molecule has 3 rings (SSSR count). The van der Waals surface area contributed by atoms with E-state index in [1.165, 1.54) is 12.1 Å². The van der Waals surface area contributed by atoms with Crippen LogP contribution in [0.3, 0.4) is 0 Å². The molecule has 7 nitrogen and oxygen atoms in total. The molecule has 1 aliphatic heterocycles. The lowest BCUT2D eigenvalue weighted by molar-refractivity contribution is -0.124. The molecule has 0 saturated heterocycles. The zero-order valence-electron chi connectivity index (χ0n) is 17.0. The number of rotatable bonds is 6. The standard InChI is InChI=1S/C21H26N2O5S/c1-14(2)12-27-16-6-8-17(9-7-16)29(25,26)23-15-5-10-18-19(11-15)28-13-21(3,4)20(24)22-18/h5-11,14,23H,12-13H2,1-4H3,(H,22,24). The molecule has 0 fully saturated rings. The maximum atomic E-state index is 12.7. The highest BCUT2D eigenvalue weighted by Crippen LogP contribution is 2.34. The Bertz CT molecular complexity index is 998. The second kappa shape index (κ2) is 7.94. The van der Waals surface area contributed by atoms with Gasteiger partial charge in [0.1, 0.15) is 18.1 Å². The highest BCUT2D eigenvalue weighted by molar-refractivity contribution is 7.92. The molecule has 0 aliphatic carbocycles. The summed E-state index contributed by atoms with van der Waals surface area (Å²) in [7, 11) is -3.78. The van der Waals surface area contributed by atoms with Crippen molar-refractivity contribution in [2.75, 3.05) is 23.3 Å². The predicted molar refractivity (Wildman–Crippen MR) is 112 cm³/mol. The molecule has 2 N–H and O–H groups in total. The second-order valence-electron chi connectivity index (χ2n) is 8.12. The molecule has 2 aromatic carbocycles. The number of anilines is 2. The Hall–Kier alpha value is -2.74. The van der Waals surface area contributed by atoms with Crippen molar-refractivity contribution in [3.63, 3.8) is 0 Å². The molecule has 29 heavy (non-hydrogen) atoms. The lowest BCUT2D eigenvalue weighted by Gasteiger charge is -2.18. The summed E-state index contributed by atoms with van der Waals surface area (Å²) in [6.07, 6.45) is 0. The summed E-state index contributed by atoms with van der Waals surface area (Å²) in [6.45, 7) is 8.41. The van der Waals surface area contributed by atoms with E-state index in [1.807, 2.05) is 13.8 Å². The van der Waals surface area contributed by atoms with Gasteiger partial charge in [-0.25, -0.2) is 8.42 Å².